The van der Waals surface area contributed by atoms with Crippen molar-refractivity contribution >= 4 is 29.3 Å². The van der Waals surface area contributed by atoms with Crippen molar-refractivity contribution < 1.29 is 14.6 Å². The fourth-order valence-corrected chi connectivity index (χ4v) is 3.72. The number of anilines is 2. The van der Waals surface area contributed by atoms with Gasteiger partial charge in [0.1, 0.15) is 23.0 Å². The van der Waals surface area contributed by atoms with Crippen LogP contribution in [0.3, 0.4) is 0 Å². The molecule has 0 radical (unpaired) electrons. The number of hydrogen-bond donors (Lipinski definition) is 3. The van der Waals surface area contributed by atoms with E-state index in [9.17, 15) is 9.90 Å². The fraction of sp³-hybridized carbons (Fsp3) is 0.250. The van der Waals surface area contributed by atoms with Gasteiger partial charge in [0.15, 0.2) is 0 Å². The van der Waals surface area contributed by atoms with Crippen LogP contribution in [0, 0.1) is 0 Å². The summed E-state index contributed by atoms with van der Waals surface area (Å²) in [6, 6.07) is 1.71. The quantitative estimate of drug-likeness (QED) is 0.375. The molecule has 1 aliphatic carbocycles. The lowest BCUT2D eigenvalue weighted by atomic mass is 10.2. The van der Waals surface area contributed by atoms with E-state index < -0.39 is 0 Å². The van der Waals surface area contributed by atoms with Crippen LogP contribution in [0.1, 0.15) is 29.0 Å². The van der Waals surface area contributed by atoms with Gasteiger partial charge in [-0.3, -0.25) is 4.79 Å². The molecule has 3 heterocycles. The summed E-state index contributed by atoms with van der Waals surface area (Å²) in [5.41, 5.74) is 4.86. The van der Waals surface area contributed by atoms with Crippen LogP contribution < -0.4 is 15.5 Å². The molecule has 1 amide bonds. The number of amides is 1. The molecule has 10 nitrogen and oxygen atoms in total. The first-order chi connectivity index (χ1) is 17.1. The zero-order chi connectivity index (χ0) is 24.6. The number of allylic oxidation sites excluding steroid dienone is 3. The van der Waals surface area contributed by atoms with Gasteiger partial charge in [0.05, 0.1) is 30.6 Å². The van der Waals surface area contributed by atoms with Gasteiger partial charge < -0.3 is 25.4 Å². The van der Waals surface area contributed by atoms with Gasteiger partial charge in [0, 0.05) is 43.3 Å². The number of aromatic nitrogens is 4. The van der Waals surface area contributed by atoms with Crippen LogP contribution in [0.25, 0.3) is 0 Å². The molecule has 0 saturated carbocycles. The molecule has 2 aromatic heterocycles. The number of halogens is 1. The number of carbonyl (C=O) groups excluding carboxylic acids is 1. The number of methoxy groups -OCH3 is 1. The predicted molar refractivity (Wildman–Crippen MR) is 132 cm³/mol. The van der Waals surface area contributed by atoms with Crippen LogP contribution in [0.4, 0.5) is 11.8 Å². The maximum absolute atomic E-state index is 13.0. The van der Waals surface area contributed by atoms with Gasteiger partial charge in [-0.1, -0.05) is 11.6 Å². The summed E-state index contributed by atoms with van der Waals surface area (Å²) in [7, 11) is 1.54. The number of rotatable bonds is 8. The third-order valence-electron chi connectivity index (χ3n) is 5.32. The van der Waals surface area contributed by atoms with E-state index in [4.69, 9.17) is 16.3 Å². The van der Waals surface area contributed by atoms with Gasteiger partial charge in [-0.2, -0.15) is 4.98 Å². The molecule has 180 valence electrons. The number of carbonyl (C=O) groups is 1. The molecular weight excluding hydrogens is 470 g/mol. The Hall–Kier alpha value is -4.14. The van der Waals surface area contributed by atoms with E-state index >= 15 is 0 Å². The largest absolute Gasteiger partial charge is 0.514 e. The molecule has 1 saturated heterocycles. The van der Waals surface area contributed by atoms with Crippen molar-refractivity contribution in [3.8, 4) is 0 Å². The minimum absolute atomic E-state index is 0.158. The minimum atomic E-state index is -0.377. The highest BCUT2D eigenvalue weighted by molar-refractivity contribution is 6.31. The van der Waals surface area contributed by atoms with Gasteiger partial charge in [-0.05, 0) is 31.1 Å². The lowest BCUT2D eigenvalue weighted by Crippen LogP contribution is -2.27. The molecule has 0 aromatic carbocycles. The van der Waals surface area contributed by atoms with E-state index in [2.05, 4.69) is 36.3 Å². The van der Waals surface area contributed by atoms with Crippen molar-refractivity contribution in [2.24, 2.45) is 0 Å². The number of aliphatic hydroxyl groups excluding tert-OH is 1. The first kappa shape index (κ1) is 24.0. The summed E-state index contributed by atoms with van der Waals surface area (Å²) in [6.45, 7) is 1.14. The molecule has 4 rings (SSSR count). The molecule has 1 aliphatic heterocycles. The second-order valence-electron chi connectivity index (χ2n) is 7.57. The van der Waals surface area contributed by atoms with Crippen LogP contribution in [0.2, 0.25) is 0 Å². The summed E-state index contributed by atoms with van der Waals surface area (Å²) in [5, 5.41) is 16.0. The number of nitrogens with one attached hydrogen (secondary N) is 2. The van der Waals surface area contributed by atoms with Gasteiger partial charge in [-0.25, -0.2) is 15.0 Å². The normalized spacial score (nSPS) is 16.3. The SMILES string of the molecule is COC1=C(Cl)C=C=C(CNc2nc(N3CCC/C3=C/O)ncc2C(=O)NCc2ncccn2)C=C1. The minimum Gasteiger partial charge on any atom is -0.514 e. The van der Waals surface area contributed by atoms with Crippen molar-refractivity contribution in [1.29, 1.82) is 0 Å². The Kier molecular flexibility index (Phi) is 7.77. The molecule has 2 aromatic rings. The molecule has 35 heavy (non-hydrogen) atoms. The second-order valence-corrected chi connectivity index (χ2v) is 7.98. The van der Waals surface area contributed by atoms with E-state index in [-0.39, 0.29) is 18.0 Å². The number of ether oxygens (including phenoxy) is 1. The average molecular weight is 494 g/mol. The highest BCUT2D eigenvalue weighted by atomic mass is 35.5. The molecule has 1 fully saturated rings. The smallest absolute Gasteiger partial charge is 0.256 e. The second kappa shape index (κ2) is 11.3. The average Bonchev–Trinajstić information content (AvgIpc) is 3.30. The monoisotopic (exact) mass is 493 g/mol. The van der Waals surface area contributed by atoms with E-state index in [1.807, 2.05) is 11.0 Å². The molecule has 11 heteroatoms. The zero-order valence-corrected chi connectivity index (χ0v) is 19.8. The molecular formula is C24H24ClN7O3. The van der Waals surface area contributed by atoms with Crippen molar-refractivity contribution in [3.63, 3.8) is 0 Å². The highest BCUT2D eigenvalue weighted by Gasteiger charge is 2.23. The predicted octanol–water partition coefficient (Wildman–Crippen LogP) is 3.36. The van der Waals surface area contributed by atoms with E-state index in [0.29, 0.717) is 41.5 Å². The number of nitrogens with zero attached hydrogens (tertiary/aromatic N) is 5. The standard InChI is InChI=1S/C24H24ClN7O3/c1-35-20-8-6-16(5-7-19(20)25)12-28-22-18(23(34)29-14-21-26-9-3-10-27-21)13-30-24(31-22)32-11-2-4-17(32)15-33/h3,6-10,13,15,33H,2,4,11-12,14H2,1H3,(H,29,34)(H,28,30,31)/b17-15-. The topological polar surface area (TPSA) is 125 Å². The summed E-state index contributed by atoms with van der Waals surface area (Å²) in [5.74, 6) is 1.36. The Morgan fingerprint density at radius 1 is 1.29 bits per heavy atom. The van der Waals surface area contributed by atoms with E-state index in [1.54, 1.807) is 37.7 Å². The maximum atomic E-state index is 13.0. The zero-order valence-electron chi connectivity index (χ0n) is 19.0. The lowest BCUT2D eigenvalue weighted by molar-refractivity contribution is 0.0950. The van der Waals surface area contributed by atoms with Gasteiger partial charge in [0.2, 0.25) is 5.95 Å². The van der Waals surface area contributed by atoms with Crippen molar-refractivity contribution in [1.82, 2.24) is 25.3 Å². The summed E-state index contributed by atoms with van der Waals surface area (Å²) < 4.78 is 5.24. The lowest BCUT2D eigenvalue weighted by Gasteiger charge is -2.19. The molecule has 0 unspecified atom stereocenters. The third kappa shape index (κ3) is 5.87. The van der Waals surface area contributed by atoms with Crippen molar-refractivity contribution in [3.05, 3.63) is 88.3 Å². The van der Waals surface area contributed by atoms with Crippen LogP contribution in [0.5, 0.6) is 0 Å². The molecule has 0 spiro atoms. The van der Waals surface area contributed by atoms with Crippen LogP contribution in [0.15, 0.2) is 76.9 Å². The Morgan fingerprint density at radius 2 is 2.11 bits per heavy atom. The molecule has 3 N–H and O–H groups in total. The maximum Gasteiger partial charge on any atom is 0.256 e. The Bertz CT molecular complexity index is 1250. The van der Waals surface area contributed by atoms with Crippen molar-refractivity contribution in [2.45, 2.75) is 19.4 Å². The summed E-state index contributed by atoms with van der Waals surface area (Å²) in [6.07, 6.45) is 12.5. The van der Waals surface area contributed by atoms with Gasteiger partial charge in [0.25, 0.3) is 5.91 Å². The third-order valence-corrected chi connectivity index (χ3v) is 5.62. The van der Waals surface area contributed by atoms with E-state index in [0.717, 1.165) is 30.4 Å². The van der Waals surface area contributed by atoms with Crippen LogP contribution in [-0.2, 0) is 11.3 Å². The molecule has 0 bridgehead atoms. The van der Waals surface area contributed by atoms with Gasteiger partial charge >= 0.3 is 0 Å². The highest BCUT2D eigenvalue weighted by Crippen LogP contribution is 2.27. The Morgan fingerprint density at radius 3 is 2.89 bits per heavy atom. The number of hydrogen-bond acceptors (Lipinski definition) is 9. The first-order valence-electron chi connectivity index (χ1n) is 10.9. The summed E-state index contributed by atoms with van der Waals surface area (Å²) >= 11 is 6.18. The Balaban J connectivity index is 1.57. The fourth-order valence-electron chi connectivity index (χ4n) is 3.52. The first-order valence-corrected chi connectivity index (χ1v) is 11.3. The van der Waals surface area contributed by atoms with Crippen LogP contribution >= 0.6 is 11.6 Å². The van der Waals surface area contributed by atoms with Crippen LogP contribution in [-0.4, -0.2) is 51.1 Å². The number of aliphatic hydroxyl groups is 1. The van der Waals surface area contributed by atoms with Crippen molar-refractivity contribution in [2.75, 3.05) is 30.4 Å². The Labute approximate surface area is 207 Å². The van der Waals surface area contributed by atoms with E-state index in [1.165, 1.54) is 6.20 Å². The molecule has 2 aliphatic rings. The summed E-state index contributed by atoms with van der Waals surface area (Å²) in [4.78, 5) is 32.0. The molecule has 0 atom stereocenters. The van der Waals surface area contributed by atoms with Gasteiger partial charge in [-0.15, -0.1) is 5.73 Å².